The summed E-state index contributed by atoms with van der Waals surface area (Å²) in [6.45, 7) is 4.25. The van der Waals surface area contributed by atoms with Gasteiger partial charge in [-0.15, -0.1) is 11.3 Å². The molecule has 0 atom stereocenters. The molecule has 31 heavy (non-hydrogen) atoms. The summed E-state index contributed by atoms with van der Waals surface area (Å²) >= 11 is 19.8. The zero-order chi connectivity index (χ0) is 22.9. The summed E-state index contributed by atoms with van der Waals surface area (Å²) in [4.78, 5) is 26.2. The Morgan fingerprint density at radius 3 is 2.68 bits per heavy atom. The highest BCUT2D eigenvalue weighted by Gasteiger charge is 2.28. The number of hydrogen-bond donors (Lipinski definition) is 1. The molecule has 162 valence electrons. The van der Waals surface area contributed by atoms with Gasteiger partial charge >= 0.3 is 0 Å². The Hall–Kier alpha value is -2.08. The number of hydrogen-bond acceptors (Lipinski definition) is 6. The number of carbonyl (C=O) groups is 1. The van der Waals surface area contributed by atoms with E-state index in [9.17, 15) is 20.0 Å². The van der Waals surface area contributed by atoms with Crippen LogP contribution in [-0.4, -0.2) is 28.7 Å². The fraction of sp³-hybridized carbons (Fsp3) is 0.286. The van der Waals surface area contributed by atoms with E-state index in [0.717, 1.165) is 15.9 Å². The highest BCUT2D eigenvalue weighted by molar-refractivity contribution is 7.22. The van der Waals surface area contributed by atoms with Crippen molar-refractivity contribution in [2.45, 2.75) is 26.8 Å². The van der Waals surface area contributed by atoms with Crippen LogP contribution in [-0.2, 0) is 11.3 Å². The molecule has 0 bridgehead atoms. The third-order valence-corrected chi connectivity index (χ3v) is 6.90. The molecule has 3 rings (SSSR count). The number of carbonyl (C=O) groups excluding carboxylic acids is 1. The second-order valence-corrected chi connectivity index (χ2v) is 8.93. The fourth-order valence-corrected chi connectivity index (χ4v) is 5.60. The predicted molar refractivity (Wildman–Crippen MR) is 123 cm³/mol. The molecule has 0 unspecified atom stereocenters. The van der Waals surface area contributed by atoms with Crippen LogP contribution in [0.15, 0.2) is 16.9 Å². The van der Waals surface area contributed by atoms with Crippen molar-refractivity contribution in [2.24, 2.45) is 0 Å². The first-order valence-corrected chi connectivity index (χ1v) is 11.2. The SMILES string of the molecule is CCOCCCn1c(O)c(C(=O)c2sc3cc(Cl)cc(Cl)c3c2Cl)c(C)c(C#N)c1=O. The number of nitrogens with zero attached hydrogens (tertiary/aromatic N) is 2. The standard InChI is InChI=1S/C21H17Cl3N2O4S/c1-3-30-6-4-5-26-20(28)12(9-25)10(2)15(21(26)29)18(27)19-17(24)16-13(23)7-11(22)8-14(16)31-19/h7-8,29H,3-6H2,1-2H3. The number of ether oxygens (including phenoxy) is 1. The lowest BCUT2D eigenvalue weighted by Crippen LogP contribution is -2.27. The van der Waals surface area contributed by atoms with E-state index in [4.69, 9.17) is 39.5 Å². The zero-order valence-corrected chi connectivity index (χ0v) is 19.7. The molecule has 0 aliphatic heterocycles. The highest BCUT2D eigenvalue weighted by atomic mass is 35.5. The molecule has 0 spiro atoms. The summed E-state index contributed by atoms with van der Waals surface area (Å²) in [5.41, 5.74) is -0.935. The topological polar surface area (TPSA) is 92.3 Å². The Kier molecular flexibility index (Phi) is 7.30. The smallest absolute Gasteiger partial charge is 0.271 e. The van der Waals surface area contributed by atoms with Gasteiger partial charge in [0.15, 0.2) is 0 Å². The van der Waals surface area contributed by atoms with E-state index in [1.807, 2.05) is 13.0 Å². The predicted octanol–water partition coefficient (Wildman–Crippen LogP) is 5.57. The van der Waals surface area contributed by atoms with Gasteiger partial charge in [0.1, 0.15) is 11.6 Å². The zero-order valence-electron chi connectivity index (χ0n) is 16.6. The van der Waals surface area contributed by atoms with Crippen LogP contribution in [0.4, 0.5) is 0 Å². The van der Waals surface area contributed by atoms with Crippen molar-refractivity contribution >= 4 is 62.0 Å². The number of rotatable bonds is 7. The van der Waals surface area contributed by atoms with Gasteiger partial charge in [-0.1, -0.05) is 34.8 Å². The van der Waals surface area contributed by atoms with E-state index in [1.165, 1.54) is 13.0 Å². The van der Waals surface area contributed by atoms with Crippen LogP contribution in [0, 0.1) is 18.3 Å². The number of benzene rings is 1. The first-order valence-electron chi connectivity index (χ1n) is 9.28. The number of nitriles is 1. The molecular weight excluding hydrogens is 483 g/mol. The summed E-state index contributed by atoms with van der Waals surface area (Å²) in [5.74, 6) is -1.12. The van der Waals surface area contributed by atoms with Crippen LogP contribution in [0.1, 0.15) is 39.7 Å². The number of ketones is 1. The summed E-state index contributed by atoms with van der Waals surface area (Å²) < 4.78 is 6.89. The average Bonchev–Trinajstić information content (AvgIpc) is 3.04. The van der Waals surface area contributed by atoms with E-state index in [2.05, 4.69) is 0 Å². The number of halogens is 3. The van der Waals surface area contributed by atoms with Crippen molar-refractivity contribution in [2.75, 3.05) is 13.2 Å². The lowest BCUT2D eigenvalue weighted by Gasteiger charge is -2.15. The minimum absolute atomic E-state index is 0.0848. The van der Waals surface area contributed by atoms with Crippen molar-refractivity contribution in [1.82, 2.24) is 4.57 Å². The molecule has 0 aliphatic carbocycles. The third kappa shape index (κ3) is 4.32. The summed E-state index contributed by atoms with van der Waals surface area (Å²) in [6, 6.07) is 5.00. The van der Waals surface area contributed by atoms with Gasteiger partial charge in [0.05, 0.1) is 20.5 Å². The van der Waals surface area contributed by atoms with Crippen LogP contribution in [0.5, 0.6) is 5.88 Å². The van der Waals surface area contributed by atoms with Gasteiger partial charge in [-0.2, -0.15) is 5.26 Å². The molecule has 0 saturated carbocycles. The normalized spacial score (nSPS) is 11.1. The number of pyridine rings is 1. The van der Waals surface area contributed by atoms with E-state index in [-0.39, 0.29) is 33.1 Å². The molecule has 3 aromatic rings. The Labute approximate surface area is 197 Å². The molecule has 10 heteroatoms. The first kappa shape index (κ1) is 23.6. The monoisotopic (exact) mass is 498 g/mol. The molecule has 0 saturated heterocycles. The van der Waals surface area contributed by atoms with Gasteiger partial charge in [-0.3, -0.25) is 14.2 Å². The number of fused-ring (bicyclic) bond motifs is 1. The number of aromatic hydroxyl groups is 1. The summed E-state index contributed by atoms with van der Waals surface area (Å²) in [7, 11) is 0. The number of aromatic nitrogens is 1. The van der Waals surface area contributed by atoms with E-state index < -0.39 is 17.2 Å². The van der Waals surface area contributed by atoms with Gasteiger partial charge < -0.3 is 9.84 Å². The quantitative estimate of drug-likeness (QED) is 0.339. The van der Waals surface area contributed by atoms with E-state index in [0.29, 0.717) is 39.8 Å². The molecule has 0 radical (unpaired) electrons. The molecule has 2 aromatic heterocycles. The molecule has 2 heterocycles. The van der Waals surface area contributed by atoms with Crippen LogP contribution < -0.4 is 5.56 Å². The molecule has 0 aliphatic rings. The van der Waals surface area contributed by atoms with Gasteiger partial charge in [-0.25, -0.2) is 0 Å². The van der Waals surface area contributed by atoms with Gasteiger partial charge in [0, 0.05) is 34.9 Å². The molecule has 1 aromatic carbocycles. The van der Waals surface area contributed by atoms with Crippen molar-refractivity contribution in [3.8, 4) is 11.9 Å². The maximum atomic E-state index is 13.4. The van der Waals surface area contributed by atoms with Crippen molar-refractivity contribution < 1.29 is 14.6 Å². The average molecular weight is 500 g/mol. The molecule has 0 amide bonds. The Morgan fingerprint density at radius 2 is 2.03 bits per heavy atom. The van der Waals surface area contributed by atoms with Crippen LogP contribution in [0.3, 0.4) is 0 Å². The first-order chi connectivity index (χ1) is 14.7. The minimum Gasteiger partial charge on any atom is -0.494 e. The Balaban J connectivity index is 2.18. The molecule has 1 N–H and O–H groups in total. The summed E-state index contributed by atoms with van der Waals surface area (Å²) in [6.07, 6.45) is 0.417. The summed E-state index contributed by atoms with van der Waals surface area (Å²) in [5, 5.41) is 21.6. The van der Waals surface area contributed by atoms with E-state index >= 15 is 0 Å². The fourth-order valence-electron chi connectivity index (χ4n) is 3.27. The van der Waals surface area contributed by atoms with Gasteiger partial charge in [-0.05, 0) is 38.0 Å². The molecule has 6 nitrogen and oxygen atoms in total. The largest absolute Gasteiger partial charge is 0.494 e. The van der Waals surface area contributed by atoms with Crippen LogP contribution >= 0.6 is 46.1 Å². The second kappa shape index (κ2) is 9.60. The number of thiophene rings is 1. The minimum atomic E-state index is -0.664. The van der Waals surface area contributed by atoms with Crippen molar-refractivity contribution in [3.63, 3.8) is 0 Å². The van der Waals surface area contributed by atoms with Gasteiger partial charge in [0.25, 0.3) is 5.56 Å². The lowest BCUT2D eigenvalue weighted by atomic mass is 10.0. The van der Waals surface area contributed by atoms with Gasteiger partial charge in [0.2, 0.25) is 11.7 Å². The van der Waals surface area contributed by atoms with Crippen molar-refractivity contribution in [3.05, 3.63) is 59.1 Å². The highest BCUT2D eigenvalue weighted by Crippen LogP contribution is 2.42. The van der Waals surface area contributed by atoms with Crippen molar-refractivity contribution in [1.29, 1.82) is 5.26 Å². The third-order valence-electron chi connectivity index (χ3n) is 4.76. The Morgan fingerprint density at radius 1 is 1.32 bits per heavy atom. The Bertz CT molecular complexity index is 1290. The maximum absolute atomic E-state index is 13.4. The van der Waals surface area contributed by atoms with E-state index in [1.54, 1.807) is 6.07 Å². The molecule has 0 fully saturated rings. The van der Waals surface area contributed by atoms with Crippen LogP contribution in [0.2, 0.25) is 15.1 Å². The second-order valence-electron chi connectivity index (χ2n) is 6.65. The molecular formula is C21H17Cl3N2O4S. The lowest BCUT2D eigenvalue weighted by molar-refractivity contribution is 0.103. The van der Waals surface area contributed by atoms with Crippen LogP contribution in [0.25, 0.3) is 10.1 Å². The maximum Gasteiger partial charge on any atom is 0.271 e.